The van der Waals surface area contributed by atoms with Gasteiger partial charge in [-0.2, -0.15) is 0 Å². The minimum absolute atomic E-state index is 0.0235. The summed E-state index contributed by atoms with van der Waals surface area (Å²) >= 11 is 0. The van der Waals surface area contributed by atoms with Gasteiger partial charge >= 0.3 is 0 Å². The zero-order valence-corrected chi connectivity index (χ0v) is 16.2. The van der Waals surface area contributed by atoms with Gasteiger partial charge in [0.05, 0.1) is 6.54 Å². The van der Waals surface area contributed by atoms with Crippen LogP contribution in [0, 0.1) is 5.92 Å². The predicted molar refractivity (Wildman–Crippen MR) is 101 cm³/mol. The van der Waals surface area contributed by atoms with Crippen molar-refractivity contribution in [2.24, 2.45) is 10.9 Å². The average Bonchev–Trinajstić information content (AvgIpc) is 2.48. The fourth-order valence-electron chi connectivity index (χ4n) is 3.00. The lowest BCUT2D eigenvalue weighted by molar-refractivity contribution is -0.121. The number of nitrogens with one attached hydrogen (secondary N) is 3. The van der Waals surface area contributed by atoms with Gasteiger partial charge < -0.3 is 20.9 Å². The third-order valence-electron chi connectivity index (χ3n) is 4.09. The maximum absolute atomic E-state index is 11.8. The molecule has 1 aliphatic rings. The van der Waals surface area contributed by atoms with Gasteiger partial charge in [-0.05, 0) is 65.5 Å². The van der Waals surface area contributed by atoms with Crippen molar-refractivity contribution >= 4 is 11.9 Å². The van der Waals surface area contributed by atoms with Crippen LogP contribution in [0.25, 0.3) is 0 Å². The quantitative estimate of drug-likeness (QED) is 0.374. The number of likely N-dealkylation sites (tertiary alicyclic amines) is 1. The number of amides is 1. The summed E-state index contributed by atoms with van der Waals surface area (Å²) in [6.45, 7) is 13.1. The fourth-order valence-corrected chi connectivity index (χ4v) is 3.00. The standard InChI is InChI=1S/C18H37N5O/c1-15-9-8-12-23(14-15)11-7-6-10-20-17(19-5)21-13-16(24)22-18(2,3)4/h15H,6-14H2,1-5H3,(H,22,24)(H2,19,20,21). The molecule has 0 saturated carbocycles. The van der Waals surface area contributed by atoms with Crippen LogP contribution in [0.1, 0.15) is 53.4 Å². The van der Waals surface area contributed by atoms with E-state index < -0.39 is 0 Å². The minimum atomic E-state index is -0.207. The summed E-state index contributed by atoms with van der Waals surface area (Å²) < 4.78 is 0. The van der Waals surface area contributed by atoms with Gasteiger partial charge in [0, 0.05) is 25.7 Å². The van der Waals surface area contributed by atoms with E-state index in [9.17, 15) is 4.79 Å². The summed E-state index contributed by atoms with van der Waals surface area (Å²) in [6, 6.07) is 0. The van der Waals surface area contributed by atoms with Crippen LogP contribution in [0.5, 0.6) is 0 Å². The Morgan fingerprint density at radius 2 is 2.00 bits per heavy atom. The van der Waals surface area contributed by atoms with E-state index >= 15 is 0 Å². The molecule has 1 fully saturated rings. The molecule has 1 unspecified atom stereocenters. The maximum Gasteiger partial charge on any atom is 0.239 e. The first-order chi connectivity index (χ1) is 11.3. The number of hydrogen-bond acceptors (Lipinski definition) is 3. The number of piperidine rings is 1. The largest absolute Gasteiger partial charge is 0.356 e. The van der Waals surface area contributed by atoms with Crippen molar-refractivity contribution in [2.75, 3.05) is 39.8 Å². The Hall–Kier alpha value is -1.30. The highest BCUT2D eigenvalue weighted by Gasteiger charge is 2.15. The van der Waals surface area contributed by atoms with E-state index in [-0.39, 0.29) is 18.0 Å². The SMILES string of the molecule is CN=C(NCCCCN1CCCC(C)C1)NCC(=O)NC(C)(C)C. The second-order valence-electron chi connectivity index (χ2n) is 7.91. The molecule has 6 nitrogen and oxygen atoms in total. The van der Waals surface area contributed by atoms with Gasteiger partial charge in [0.2, 0.25) is 5.91 Å². The van der Waals surface area contributed by atoms with Crippen molar-refractivity contribution in [2.45, 2.75) is 58.9 Å². The molecule has 24 heavy (non-hydrogen) atoms. The molecule has 0 aromatic rings. The topological polar surface area (TPSA) is 68.8 Å². The van der Waals surface area contributed by atoms with Gasteiger partial charge in [-0.3, -0.25) is 9.79 Å². The van der Waals surface area contributed by atoms with E-state index in [0.717, 1.165) is 18.9 Å². The molecule has 1 saturated heterocycles. The molecule has 0 spiro atoms. The molecule has 1 atom stereocenters. The predicted octanol–water partition coefficient (Wildman–Crippen LogP) is 1.58. The van der Waals surface area contributed by atoms with Crippen LogP contribution in [0.4, 0.5) is 0 Å². The molecule has 0 aromatic heterocycles. The molecule has 0 bridgehead atoms. The van der Waals surface area contributed by atoms with Crippen LogP contribution >= 0.6 is 0 Å². The van der Waals surface area contributed by atoms with E-state index in [1.54, 1.807) is 7.05 Å². The molecule has 1 aliphatic heterocycles. The fraction of sp³-hybridized carbons (Fsp3) is 0.889. The van der Waals surface area contributed by atoms with Gasteiger partial charge in [-0.25, -0.2) is 0 Å². The Kier molecular flexibility index (Phi) is 9.11. The zero-order chi connectivity index (χ0) is 18.0. The van der Waals surface area contributed by atoms with Gasteiger partial charge in [0.25, 0.3) is 0 Å². The minimum Gasteiger partial charge on any atom is -0.356 e. The van der Waals surface area contributed by atoms with E-state index in [1.807, 2.05) is 20.8 Å². The normalized spacial score (nSPS) is 19.9. The van der Waals surface area contributed by atoms with Crippen LogP contribution < -0.4 is 16.0 Å². The maximum atomic E-state index is 11.8. The van der Waals surface area contributed by atoms with Crippen molar-refractivity contribution in [3.05, 3.63) is 0 Å². The van der Waals surface area contributed by atoms with Gasteiger partial charge in [-0.1, -0.05) is 6.92 Å². The van der Waals surface area contributed by atoms with E-state index in [0.29, 0.717) is 5.96 Å². The smallest absolute Gasteiger partial charge is 0.239 e. The summed E-state index contributed by atoms with van der Waals surface area (Å²) in [4.78, 5) is 18.5. The van der Waals surface area contributed by atoms with Crippen LogP contribution in [-0.2, 0) is 4.79 Å². The first-order valence-corrected chi connectivity index (χ1v) is 9.28. The molecular formula is C18H37N5O. The molecule has 6 heteroatoms. The van der Waals surface area contributed by atoms with Crippen molar-refractivity contribution in [3.63, 3.8) is 0 Å². The molecular weight excluding hydrogens is 302 g/mol. The Bertz CT molecular complexity index is 403. The zero-order valence-electron chi connectivity index (χ0n) is 16.2. The molecule has 3 N–H and O–H groups in total. The van der Waals surface area contributed by atoms with Crippen LogP contribution in [0.15, 0.2) is 4.99 Å². The number of unbranched alkanes of at least 4 members (excludes halogenated alkanes) is 1. The molecule has 0 radical (unpaired) electrons. The monoisotopic (exact) mass is 339 g/mol. The third-order valence-corrected chi connectivity index (χ3v) is 4.09. The third kappa shape index (κ3) is 9.75. The Labute approximate surface area is 147 Å². The van der Waals surface area contributed by atoms with Crippen LogP contribution in [-0.4, -0.2) is 62.1 Å². The van der Waals surface area contributed by atoms with Crippen LogP contribution in [0.2, 0.25) is 0 Å². The Morgan fingerprint density at radius 1 is 1.25 bits per heavy atom. The summed E-state index contributed by atoms with van der Waals surface area (Å²) in [6.07, 6.45) is 5.02. The number of nitrogens with zero attached hydrogens (tertiary/aromatic N) is 2. The second-order valence-corrected chi connectivity index (χ2v) is 7.91. The lowest BCUT2D eigenvalue weighted by Gasteiger charge is -2.30. The number of carbonyl (C=O) groups is 1. The summed E-state index contributed by atoms with van der Waals surface area (Å²) in [5.41, 5.74) is -0.207. The number of carbonyl (C=O) groups excluding carboxylic acids is 1. The highest BCUT2D eigenvalue weighted by atomic mass is 16.2. The van der Waals surface area contributed by atoms with Gasteiger partial charge in [0.15, 0.2) is 5.96 Å². The second kappa shape index (κ2) is 10.5. The first kappa shape index (κ1) is 20.7. The molecule has 1 rings (SSSR count). The van der Waals surface area contributed by atoms with Gasteiger partial charge in [-0.15, -0.1) is 0 Å². The van der Waals surface area contributed by atoms with Crippen molar-refractivity contribution in [1.29, 1.82) is 0 Å². The van der Waals surface area contributed by atoms with Crippen LogP contribution in [0.3, 0.4) is 0 Å². The lowest BCUT2D eigenvalue weighted by atomic mass is 10.0. The highest BCUT2D eigenvalue weighted by molar-refractivity contribution is 5.86. The molecule has 0 aromatic carbocycles. The molecule has 140 valence electrons. The van der Waals surface area contributed by atoms with Gasteiger partial charge in [0.1, 0.15) is 0 Å². The van der Waals surface area contributed by atoms with Crippen molar-refractivity contribution in [1.82, 2.24) is 20.9 Å². The summed E-state index contributed by atoms with van der Waals surface area (Å²) in [5, 5.41) is 9.25. The Morgan fingerprint density at radius 3 is 2.62 bits per heavy atom. The highest BCUT2D eigenvalue weighted by Crippen LogP contribution is 2.15. The number of rotatable bonds is 7. The summed E-state index contributed by atoms with van der Waals surface area (Å²) in [7, 11) is 1.73. The van der Waals surface area contributed by atoms with Crippen molar-refractivity contribution < 1.29 is 4.79 Å². The average molecular weight is 340 g/mol. The van der Waals surface area contributed by atoms with Crippen molar-refractivity contribution in [3.8, 4) is 0 Å². The van der Waals surface area contributed by atoms with E-state index in [1.165, 1.54) is 38.9 Å². The molecule has 0 aliphatic carbocycles. The lowest BCUT2D eigenvalue weighted by Crippen LogP contribution is -2.48. The van der Waals surface area contributed by atoms with E-state index in [4.69, 9.17) is 0 Å². The number of hydrogen-bond donors (Lipinski definition) is 3. The number of guanidine groups is 1. The number of aliphatic imine (C=N–C) groups is 1. The van der Waals surface area contributed by atoms with E-state index in [2.05, 4.69) is 32.8 Å². The first-order valence-electron chi connectivity index (χ1n) is 9.28. The summed E-state index contributed by atoms with van der Waals surface area (Å²) in [5.74, 6) is 1.51. The molecule has 1 heterocycles. The molecule has 1 amide bonds. The Balaban J connectivity index is 2.10.